The molecular formula is C16H14FN3O3. The molecule has 0 radical (unpaired) electrons. The van der Waals surface area contributed by atoms with Crippen LogP contribution in [0.5, 0.6) is 5.75 Å². The molecule has 2 N–H and O–H groups in total. The number of benzene rings is 2. The van der Waals surface area contributed by atoms with Crippen molar-refractivity contribution in [3.05, 3.63) is 60.2 Å². The summed E-state index contributed by atoms with van der Waals surface area (Å²) < 4.78 is 20.7. The van der Waals surface area contributed by atoms with Gasteiger partial charge in [-0.15, -0.1) is 0 Å². The Morgan fingerprint density at radius 3 is 2.91 bits per heavy atom. The standard InChI is InChI=1S/C16H14FN3O3/c17-12-3-1-2-4-15(12)23-8-7-20-10-18-13-6-5-11(9-14(13)20)16(21)19-22/h1-6,9-10,22H,7-8H2,(H,19,21). The molecule has 3 aromatic rings. The third kappa shape index (κ3) is 3.14. The van der Waals surface area contributed by atoms with E-state index in [1.165, 1.54) is 6.07 Å². The first-order chi connectivity index (χ1) is 11.2. The second kappa shape index (κ2) is 6.45. The molecule has 2 aromatic carbocycles. The normalized spacial score (nSPS) is 10.7. The molecule has 0 atom stereocenters. The molecule has 23 heavy (non-hydrogen) atoms. The van der Waals surface area contributed by atoms with Gasteiger partial charge in [0.05, 0.1) is 23.9 Å². The van der Waals surface area contributed by atoms with Gasteiger partial charge in [-0.25, -0.2) is 14.9 Å². The van der Waals surface area contributed by atoms with Gasteiger partial charge in [0.1, 0.15) is 6.61 Å². The fraction of sp³-hybridized carbons (Fsp3) is 0.125. The topological polar surface area (TPSA) is 76.4 Å². The van der Waals surface area contributed by atoms with Crippen LogP contribution in [-0.4, -0.2) is 27.3 Å². The molecule has 7 heteroatoms. The summed E-state index contributed by atoms with van der Waals surface area (Å²) in [4.78, 5) is 15.7. The van der Waals surface area contributed by atoms with Gasteiger partial charge in [-0.2, -0.15) is 0 Å². The molecule has 0 saturated carbocycles. The minimum Gasteiger partial charge on any atom is -0.489 e. The van der Waals surface area contributed by atoms with Crippen molar-refractivity contribution < 1.29 is 19.1 Å². The Bertz CT molecular complexity index is 847. The van der Waals surface area contributed by atoms with E-state index in [1.807, 2.05) is 0 Å². The van der Waals surface area contributed by atoms with Gasteiger partial charge >= 0.3 is 0 Å². The SMILES string of the molecule is O=C(NO)c1ccc2ncn(CCOc3ccccc3F)c2c1. The average Bonchev–Trinajstić information content (AvgIpc) is 2.98. The Hall–Kier alpha value is -2.93. The fourth-order valence-electron chi connectivity index (χ4n) is 2.26. The number of carbonyl (C=O) groups excluding carboxylic acids is 1. The second-order valence-electron chi connectivity index (χ2n) is 4.86. The predicted octanol–water partition coefficient (Wildman–Crippen LogP) is 2.37. The number of hydrogen-bond donors (Lipinski definition) is 2. The van der Waals surface area contributed by atoms with E-state index in [4.69, 9.17) is 9.94 Å². The first-order valence-electron chi connectivity index (χ1n) is 6.95. The summed E-state index contributed by atoms with van der Waals surface area (Å²) in [6.07, 6.45) is 1.62. The quantitative estimate of drug-likeness (QED) is 0.560. The van der Waals surface area contributed by atoms with Gasteiger partial charge in [0.15, 0.2) is 11.6 Å². The number of carbonyl (C=O) groups is 1. The zero-order valence-corrected chi connectivity index (χ0v) is 12.1. The van der Waals surface area contributed by atoms with E-state index in [0.717, 1.165) is 5.52 Å². The lowest BCUT2D eigenvalue weighted by molar-refractivity contribution is 0.0706. The van der Waals surface area contributed by atoms with Crippen LogP contribution in [0.25, 0.3) is 11.0 Å². The lowest BCUT2D eigenvalue weighted by atomic mass is 10.2. The first kappa shape index (κ1) is 15.0. The van der Waals surface area contributed by atoms with Crippen LogP contribution in [0, 0.1) is 5.82 Å². The van der Waals surface area contributed by atoms with Gasteiger partial charge in [-0.3, -0.25) is 10.0 Å². The molecule has 0 saturated heterocycles. The summed E-state index contributed by atoms with van der Waals surface area (Å²) in [6, 6.07) is 11.1. The number of nitrogens with zero attached hydrogens (tertiary/aromatic N) is 2. The van der Waals surface area contributed by atoms with Gasteiger partial charge < -0.3 is 9.30 Å². The number of hydroxylamine groups is 1. The molecule has 0 spiro atoms. The van der Waals surface area contributed by atoms with Crippen molar-refractivity contribution >= 4 is 16.9 Å². The van der Waals surface area contributed by atoms with E-state index < -0.39 is 11.7 Å². The monoisotopic (exact) mass is 315 g/mol. The van der Waals surface area contributed by atoms with Crippen LogP contribution >= 0.6 is 0 Å². The highest BCUT2D eigenvalue weighted by atomic mass is 19.1. The highest BCUT2D eigenvalue weighted by Crippen LogP contribution is 2.17. The molecule has 118 valence electrons. The fourth-order valence-corrected chi connectivity index (χ4v) is 2.26. The van der Waals surface area contributed by atoms with E-state index >= 15 is 0 Å². The molecule has 1 aromatic heterocycles. The number of imidazole rings is 1. The van der Waals surface area contributed by atoms with E-state index in [1.54, 1.807) is 52.8 Å². The number of para-hydroxylation sites is 1. The Labute approximate surface area is 131 Å². The molecule has 3 rings (SSSR count). The molecule has 0 unspecified atom stereocenters. The summed E-state index contributed by atoms with van der Waals surface area (Å²) in [5, 5.41) is 8.70. The number of rotatable bonds is 5. The number of halogens is 1. The van der Waals surface area contributed by atoms with Crippen molar-refractivity contribution in [2.24, 2.45) is 0 Å². The lowest BCUT2D eigenvalue weighted by Crippen LogP contribution is -2.18. The van der Waals surface area contributed by atoms with Crippen molar-refractivity contribution in [1.82, 2.24) is 15.0 Å². The van der Waals surface area contributed by atoms with Gasteiger partial charge in [0.2, 0.25) is 0 Å². The Morgan fingerprint density at radius 2 is 2.13 bits per heavy atom. The van der Waals surface area contributed by atoms with Crippen molar-refractivity contribution in [1.29, 1.82) is 0 Å². The maximum Gasteiger partial charge on any atom is 0.274 e. The third-order valence-electron chi connectivity index (χ3n) is 3.41. The van der Waals surface area contributed by atoms with Crippen LogP contribution in [0.3, 0.4) is 0 Å². The van der Waals surface area contributed by atoms with Crippen molar-refractivity contribution in [2.45, 2.75) is 6.54 Å². The van der Waals surface area contributed by atoms with Gasteiger partial charge in [0.25, 0.3) is 5.91 Å². The number of fused-ring (bicyclic) bond motifs is 1. The molecule has 0 fully saturated rings. The Kier molecular flexibility index (Phi) is 4.20. The summed E-state index contributed by atoms with van der Waals surface area (Å²) in [5.41, 5.74) is 3.35. The molecule has 0 aliphatic rings. The zero-order valence-electron chi connectivity index (χ0n) is 12.1. The molecule has 6 nitrogen and oxygen atoms in total. The van der Waals surface area contributed by atoms with Crippen molar-refractivity contribution in [3.63, 3.8) is 0 Å². The summed E-state index contributed by atoms with van der Waals surface area (Å²) in [6.45, 7) is 0.692. The number of nitrogens with one attached hydrogen (secondary N) is 1. The van der Waals surface area contributed by atoms with E-state index in [-0.39, 0.29) is 12.4 Å². The zero-order chi connectivity index (χ0) is 16.2. The summed E-state index contributed by atoms with van der Waals surface area (Å²) in [5.74, 6) is -0.815. The molecule has 0 bridgehead atoms. The van der Waals surface area contributed by atoms with Crippen molar-refractivity contribution in [2.75, 3.05) is 6.61 Å². The highest BCUT2D eigenvalue weighted by molar-refractivity contribution is 5.96. The van der Waals surface area contributed by atoms with Crippen LogP contribution in [0.15, 0.2) is 48.8 Å². The molecule has 1 heterocycles. The highest BCUT2D eigenvalue weighted by Gasteiger charge is 2.09. The van der Waals surface area contributed by atoms with E-state index in [2.05, 4.69) is 4.98 Å². The third-order valence-corrected chi connectivity index (χ3v) is 3.41. The second-order valence-corrected chi connectivity index (χ2v) is 4.86. The lowest BCUT2D eigenvalue weighted by Gasteiger charge is -2.08. The molecular weight excluding hydrogens is 301 g/mol. The number of ether oxygens (including phenoxy) is 1. The van der Waals surface area contributed by atoms with Crippen LogP contribution < -0.4 is 10.2 Å². The Balaban J connectivity index is 1.75. The number of hydrogen-bond acceptors (Lipinski definition) is 4. The number of amides is 1. The molecule has 0 aliphatic carbocycles. The van der Waals surface area contributed by atoms with E-state index in [9.17, 15) is 9.18 Å². The Morgan fingerprint density at radius 1 is 1.30 bits per heavy atom. The van der Waals surface area contributed by atoms with Gasteiger partial charge in [-0.05, 0) is 30.3 Å². The molecule has 1 amide bonds. The van der Waals surface area contributed by atoms with Gasteiger partial charge in [-0.1, -0.05) is 12.1 Å². The predicted molar refractivity (Wildman–Crippen MR) is 80.9 cm³/mol. The van der Waals surface area contributed by atoms with Crippen LogP contribution in [-0.2, 0) is 6.54 Å². The van der Waals surface area contributed by atoms with E-state index in [0.29, 0.717) is 17.6 Å². The minimum absolute atomic E-state index is 0.192. The van der Waals surface area contributed by atoms with Crippen LogP contribution in [0.1, 0.15) is 10.4 Å². The van der Waals surface area contributed by atoms with Crippen LogP contribution in [0.2, 0.25) is 0 Å². The van der Waals surface area contributed by atoms with Gasteiger partial charge in [0, 0.05) is 5.56 Å². The smallest absolute Gasteiger partial charge is 0.274 e. The number of aromatic nitrogens is 2. The van der Waals surface area contributed by atoms with Crippen molar-refractivity contribution in [3.8, 4) is 5.75 Å². The average molecular weight is 315 g/mol. The minimum atomic E-state index is -0.595. The summed E-state index contributed by atoms with van der Waals surface area (Å²) >= 11 is 0. The summed E-state index contributed by atoms with van der Waals surface area (Å²) in [7, 11) is 0. The maximum absolute atomic E-state index is 13.5. The van der Waals surface area contributed by atoms with Crippen LogP contribution in [0.4, 0.5) is 4.39 Å². The first-order valence-corrected chi connectivity index (χ1v) is 6.95. The molecule has 0 aliphatic heterocycles. The maximum atomic E-state index is 13.5. The largest absolute Gasteiger partial charge is 0.489 e.